The van der Waals surface area contributed by atoms with Crippen LogP contribution in [0, 0.1) is 6.92 Å². The molecule has 3 rings (SSSR count). The average Bonchev–Trinajstić information content (AvgIpc) is 3.13. The second-order valence-corrected chi connectivity index (χ2v) is 6.21. The van der Waals surface area contributed by atoms with Crippen LogP contribution in [-0.2, 0) is 6.54 Å². The quantitative estimate of drug-likeness (QED) is 0.775. The number of aryl methyl sites for hydroxylation is 1. The summed E-state index contributed by atoms with van der Waals surface area (Å²) in [5.74, 6) is 1.19. The summed E-state index contributed by atoms with van der Waals surface area (Å²) in [6.07, 6.45) is 0. The highest BCUT2D eigenvalue weighted by Crippen LogP contribution is 2.23. The Morgan fingerprint density at radius 2 is 2.23 bits per heavy atom. The highest BCUT2D eigenvalue weighted by Gasteiger charge is 2.10. The van der Waals surface area contributed by atoms with E-state index in [0.29, 0.717) is 28.7 Å². The highest BCUT2D eigenvalue weighted by molar-refractivity contribution is 7.09. The van der Waals surface area contributed by atoms with Crippen LogP contribution in [0.4, 0.5) is 0 Å². The van der Waals surface area contributed by atoms with Crippen LogP contribution < -0.4 is 5.32 Å². The Morgan fingerprint density at radius 3 is 2.95 bits per heavy atom. The molecule has 0 aliphatic carbocycles. The summed E-state index contributed by atoms with van der Waals surface area (Å²) < 4.78 is 5.70. The average molecular weight is 333 g/mol. The number of benzene rings is 1. The lowest BCUT2D eigenvalue weighted by molar-refractivity contribution is 0.0948. The first kappa shape index (κ1) is 14.8. The second-order valence-electron chi connectivity index (χ2n) is 4.71. The maximum absolute atomic E-state index is 12.0. The number of aromatic nitrogens is 1. The van der Waals surface area contributed by atoms with Crippen LogP contribution in [0.3, 0.4) is 0 Å². The summed E-state index contributed by atoms with van der Waals surface area (Å²) in [6, 6.07) is 10.5. The van der Waals surface area contributed by atoms with E-state index in [1.54, 1.807) is 35.6 Å². The van der Waals surface area contributed by atoms with Gasteiger partial charge in [-0.05, 0) is 37.3 Å². The lowest BCUT2D eigenvalue weighted by atomic mass is 10.2. The number of nitrogens with one attached hydrogen (secondary N) is 1. The van der Waals surface area contributed by atoms with Crippen molar-refractivity contribution in [1.29, 1.82) is 0 Å². The molecule has 1 amide bonds. The zero-order valence-corrected chi connectivity index (χ0v) is 13.4. The second kappa shape index (κ2) is 6.34. The van der Waals surface area contributed by atoms with Crippen LogP contribution in [0.1, 0.15) is 21.1 Å². The molecule has 2 aromatic heterocycles. The topological polar surface area (TPSA) is 55.1 Å². The van der Waals surface area contributed by atoms with Gasteiger partial charge in [-0.15, -0.1) is 11.3 Å². The molecule has 112 valence electrons. The standard InChI is InChI=1S/C16H13ClN2O2S/c1-10-19-14(9-22-10)15-6-5-13(21-15)8-18-16(20)11-3-2-4-12(17)7-11/h2-7,9H,8H2,1H3,(H,18,20). The lowest BCUT2D eigenvalue weighted by Crippen LogP contribution is -2.22. The Morgan fingerprint density at radius 1 is 1.36 bits per heavy atom. The van der Waals surface area contributed by atoms with Crippen LogP contribution in [-0.4, -0.2) is 10.9 Å². The van der Waals surface area contributed by atoms with Gasteiger partial charge in [-0.1, -0.05) is 17.7 Å². The number of nitrogens with zero attached hydrogens (tertiary/aromatic N) is 1. The van der Waals surface area contributed by atoms with E-state index in [1.807, 2.05) is 24.4 Å². The zero-order chi connectivity index (χ0) is 15.5. The van der Waals surface area contributed by atoms with Crippen molar-refractivity contribution in [1.82, 2.24) is 10.3 Å². The Hall–Kier alpha value is -2.11. The van der Waals surface area contributed by atoms with Crippen LogP contribution in [0.25, 0.3) is 11.5 Å². The number of furan rings is 1. The fourth-order valence-corrected chi connectivity index (χ4v) is 2.78. The van der Waals surface area contributed by atoms with Crippen molar-refractivity contribution in [2.45, 2.75) is 13.5 Å². The third-order valence-corrected chi connectivity index (χ3v) is 4.05. The Bertz CT molecular complexity index is 810. The summed E-state index contributed by atoms with van der Waals surface area (Å²) in [6.45, 7) is 2.26. The maximum Gasteiger partial charge on any atom is 0.251 e. The van der Waals surface area contributed by atoms with Gasteiger partial charge in [-0.25, -0.2) is 4.98 Å². The number of hydrogen-bond acceptors (Lipinski definition) is 4. The third-order valence-electron chi connectivity index (χ3n) is 3.04. The first-order chi connectivity index (χ1) is 10.6. The number of amides is 1. The van der Waals surface area contributed by atoms with E-state index in [9.17, 15) is 4.79 Å². The number of hydrogen-bond donors (Lipinski definition) is 1. The molecule has 0 saturated carbocycles. The van der Waals surface area contributed by atoms with Crippen LogP contribution in [0.15, 0.2) is 46.2 Å². The minimum absolute atomic E-state index is 0.190. The molecule has 0 unspecified atom stereocenters. The van der Waals surface area contributed by atoms with Gasteiger partial charge in [-0.2, -0.15) is 0 Å². The Labute approximate surface area is 136 Å². The number of carbonyl (C=O) groups excluding carboxylic acids is 1. The summed E-state index contributed by atoms with van der Waals surface area (Å²) in [4.78, 5) is 16.4. The number of rotatable bonds is 4. The van der Waals surface area contributed by atoms with Crippen molar-refractivity contribution in [2.75, 3.05) is 0 Å². The smallest absolute Gasteiger partial charge is 0.251 e. The summed E-state index contributed by atoms with van der Waals surface area (Å²) >= 11 is 7.45. The molecule has 0 saturated heterocycles. The van der Waals surface area contributed by atoms with Crippen LogP contribution in [0.2, 0.25) is 5.02 Å². The van der Waals surface area contributed by atoms with Crippen molar-refractivity contribution in [3.05, 3.63) is 63.1 Å². The van der Waals surface area contributed by atoms with E-state index in [4.69, 9.17) is 16.0 Å². The Balaban J connectivity index is 1.65. The van der Waals surface area contributed by atoms with E-state index in [2.05, 4.69) is 10.3 Å². The number of halogens is 1. The first-order valence-electron chi connectivity index (χ1n) is 6.67. The molecule has 22 heavy (non-hydrogen) atoms. The largest absolute Gasteiger partial charge is 0.458 e. The summed E-state index contributed by atoms with van der Waals surface area (Å²) in [7, 11) is 0. The molecule has 3 aromatic rings. The molecule has 0 fully saturated rings. The zero-order valence-electron chi connectivity index (χ0n) is 11.8. The lowest BCUT2D eigenvalue weighted by Gasteiger charge is -2.03. The molecule has 0 radical (unpaired) electrons. The van der Waals surface area contributed by atoms with Gasteiger partial charge in [0.05, 0.1) is 11.6 Å². The molecule has 1 N–H and O–H groups in total. The number of carbonyl (C=O) groups is 1. The maximum atomic E-state index is 12.0. The minimum Gasteiger partial charge on any atom is -0.458 e. The molecule has 0 atom stereocenters. The van der Waals surface area contributed by atoms with Crippen molar-refractivity contribution in [2.24, 2.45) is 0 Å². The van der Waals surface area contributed by atoms with Gasteiger partial charge in [0.25, 0.3) is 5.91 Å². The van der Waals surface area contributed by atoms with Gasteiger partial charge < -0.3 is 9.73 Å². The van der Waals surface area contributed by atoms with Crippen molar-refractivity contribution >= 4 is 28.8 Å². The molecule has 1 aromatic carbocycles. The molecule has 6 heteroatoms. The van der Waals surface area contributed by atoms with Crippen molar-refractivity contribution in [3.8, 4) is 11.5 Å². The van der Waals surface area contributed by atoms with E-state index < -0.39 is 0 Å². The molecule has 0 aliphatic rings. The first-order valence-corrected chi connectivity index (χ1v) is 7.92. The van der Waals surface area contributed by atoms with Gasteiger partial charge in [0, 0.05) is 16.0 Å². The minimum atomic E-state index is -0.190. The van der Waals surface area contributed by atoms with Gasteiger partial charge in [0.2, 0.25) is 0 Å². The molecule has 2 heterocycles. The van der Waals surface area contributed by atoms with E-state index in [0.717, 1.165) is 10.7 Å². The molecular formula is C16H13ClN2O2S. The molecule has 4 nitrogen and oxygen atoms in total. The number of thiazole rings is 1. The molecular weight excluding hydrogens is 320 g/mol. The van der Waals surface area contributed by atoms with Gasteiger partial charge in [0.1, 0.15) is 11.5 Å². The molecule has 0 spiro atoms. The summed E-state index contributed by atoms with van der Waals surface area (Å²) in [5, 5.41) is 6.27. The third kappa shape index (κ3) is 3.37. The summed E-state index contributed by atoms with van der Waals surface area (Å²) in [5.41, 5.74) is 1.34. The SMILES string of the molecule is Cc1nc(-c2ccc(CNC(=O)c3cccc(Cl)c3)o2)cs1. The highest BCUT2D eigenvalue weighted by atomic mass is 35.5. The normalized spacial score (nSPS) is 10.6. The van der Waals surface area contributed by atoms with Crippen molar-refractivity contribution < 1.29 is 9.21 Å². The van der Waals surface area contributed by atoms with E-state index in [-0.39, 0.29) is 5.91 Å². The predicted octanol–water partition coefficient (Wildman–Crippen LogP) is 4.29. The molecule has 0 bridgehead atoms. The molecule has 0 aliphatic heterocycles. The van der Waals surface area contributed by atoms with E-state index in [1.165, 1.54) is 0 Å². The monoisotopic (exact) mass is 332 g/mol. The van der Waals surface area contributed by atoms with Gasteiger partial charge >= 0.3 is 0 Å². The Kier molecular flexibility index (Phi) is 4.27. The van der Waals surface area contributed by atoms with Crippen molar-refractivity contribution in [3.63, 3.8) is 0 Å². The predicted molar refractivity (Wildman–Crippen MR) is 87.2 cm³/mol. The fourth-order valence-electron chi connectivity index (χ4n) is 1.99. The van der Waals surface area contributed by atoms with E-state index >= 15 is 0 Å². The van der Waals surface area contributed by atoms with Gasteiger partial charge in [-0.3, -0.25) is 4.79 Å². The van der Waals surface area contributed by atoms with Crippen LogP contribution >= 0.6 is 22.9 Å². The van der Waals surface area contributed by atoms with Crippen LogP contribution in [0.5, 0.6) is 0 Å². The fraction of sp³-hybridized carbons (Fsp3) is 0.125. The van der Waals surface area contributed by atoms with Gasteiger partial charge in [0.15, 0.2) is 5.76 Å².